The molecule has 2 heterocycles. The van der Waals surface area contributed by atoms with Gasteiger partial charge >= 0.3 is 0 Å². The predicted molar refractivity (Wildman–Crippen MR) is 60.7 cm³/mol. The van der Waals surface area contributed by atoms with E-state index in [-0.39, 0.29) is 6.04 Å². The second kappa shape index (κ2) is 4.49. The zero-order chi connectivity index (χ0) is 10.7. The number of anilines is 2. The van der Waals surface area contributed by atoms with Gasteiger partial charge in [-0.05, 0) is 25.8 Å². The first-order valence-electron chi connectivity index (χ1n) is 5.35. The molecule has 82 valence electrons. The van der Waals surface area contributed by atoms with Crippen LogP contribution in [-0.4, -0.2) is 23.7 Å². The Morgan fingerprint density at radius 2 is 2.53 bits per heavy atom. The molecule has 1 aliphatic rings. The van der Waals surface area contributed by atoms with Crippen molar-refractivity contribution in [3.05, 3.63) is 18.5 Å². The number of hydrogen-bond acceptors (Lipinski definition) is 4. The van der Waals surface area contributed by atoms with Gasteiger partial charge in [0.2, 0.25) is 0 Å². The van der Waals surface area contributed by atoms with E-state index in [9.17, 15) is 0 Å². The maximum absolute atomic E-state index is 5.80. The number of nitrogens with zero attached hydrogens (tertiary/aromatic N) is 1. The van der Waals surface area contributed by atoms with E-state index >= 15 is 0 Å². The van der Waals surface area contributed by atoms with Gasteiger partial charge in [-0.1, -0.05) is 0 Å². The van der Waals surface area contributed by atoms with Gasteiger partial charge in [0.15, 0.2) is 0 Å². The van der Waals surface area contributed by atoms with E-state index in [2.05, 4.69) is 17.2 Å². The summed E-state index contributed by atoms with van der Waals surface area (Å²) in [6.45, 7) is 3.00. The number of nitrogens with two attached hydrogens (primary N) is 1. The Morgan fingerprint density at radius 1 is 1.67 bits per heavy atom. The highest BCUT2D eigenvalue weighted by Gasteiger charge is 2.22. The van der Waals surface area contributed by atoms with Crippen molar-refractivity contribution in [2.24, 2.45) is 0 Å². The van der Waals surface area contributed by atoms with Crippen molar-refractivity contribution in [2.45, 2.75) is 31.9 Å². The largest absolute Gasteiger partial charge is 0.396 e. The summed E-state index contributed by atoms with van der Waals surface area (Å²) in [7, 11) is 0. The third kappa shape index (κ3) is 2.39. The minimum absolute atomic E-state index is 0.289. The minimum Gasteiger partial charge on any atom is -0.396 e. The minimum atomic E-state index is 0.289. The monoisotopic (exact) mass is 207 g/mol. The third-order valence-corrected chi connectivity index (χ3v) is 2.76. The summed E-state index contributed by atoms with van der Waals surface area (Å²) in [5, 5.41) is 3.36. The van der Waals surface area contributed by atoms with Crippen LogP contribution < -0.4 is 11.1 Å². The van der Waals surface area contributed by atoms with Crippen LogP contribution in [0.15, 0.2) is 18.5 Å². The highest BCUT2D eigenvalue weighted by atomic mass is 16.5. The summed E-state index contributed by atoms with van der Waals surface area (Å²) in [5.41, 5.74) is 7.42. The maximum Gasteiger partial charge on any atom is 0.0774 e. The Balaban J connectivity index is 1.99. The lowest BCUT2D eigenvalue weighted by molar-refractivity contribution is 0.0997. The normalized spacial score (nSPS) is 22.6. The molecule has 4 heteroatoms. The molecule has 2 atom stereocenters. The number of nitrogen functional groups attached to an aromatic ring is 1. The maximum atomic E-state index is 5.80. The predicted octanol–water partition coefficient (Wildman–Crippen LogP) is 1.64. The summed E-state index contributed by atoms with van der Waals surface area (Å²) in [6.07, 6.45) is 5.98. The fourth-order valence-corrected chi connectivity index (χ4v) is 1.87. The Labute approximate surface area is 89.8 Å². The molecule has 0 radical (unpaired) electrons. The SMILES string of the molecule is CC(Nc1ccncc1N)C1CCCO1. The van der Waals surface area contributed by atoms with Gasteiger partial charge in [-0.25, -0.2) is 0 Å². The van der Waals surface area contributed by atoms with E-state index in [4.69, 9.17) is 10.5 Å². The molecule has 1 fully saturated rings. The lowest BCUT2D eigenvalue weighted by atomic mass is 10.1. The first-order chi connectivity index (χ1) is 7.27. The molecular formula is C11H17N3O. The first kappa shape index (κ1) is 10.2. The fraction of sp³-hybridized carbons (Fsp3) is 0.545. The smallest absolute Gasteiger partial charge is 0.0774 e. The number of hydrogen-bond donors (Lipinski definition) is 2. The molecule has 2 unspecified atom stereocenters. The first-order valence-corrected chi connectivity index (χ1v) is 5.35. The average Bonchev–Trinajstić information content (AvgIpc) is 2.74. The number of pyridine rings is 1. The molecule has 0 aliphatic carbocycles. The van der Waals surface area contributed by atoms with Gasteiger partial charge in [-0.2, -0.15) is 0 Å². The van der Waals surface area contributed by atoms with Gasteiger partial charge in [0, 0.05) is 18.8 Å². The molecule has 1 aliphatic heterocycles. The Kier molecular flexibility index (Phi) is 3.06. The molecule has 15 heavy (non-hydrogen) atoms. The zero-order valence-corrected chi connectivity index (χ0v) is 8.94. The molecule has 0 amide bonds. The molecule has 2 rings (SSSR count). The van der Waals surface area contributed by atoms with E-state index < -0.39 is 0 Å². The van der Waals surface area contributed by atoms with Crippen LogP contribution in [0.2, 0.25) is 0 Å². The second-order valence-electron chi connectivity index (χ2n) is 3.95. The van der Waals surface area contributed by atoms with Gasteiger partial charge in [-0.3, -0.25) is 4.98 Å². The second-order valence-corrected chi connectivity index (χ2v) is 3.95. The third-order valence-electron chi connectivity index (χ3n) is 2.76. The van der Waals surface area contributed by atoms with Crippen LogP contribution >= 0.6 is 0 Å². The average molecular weight is 207 g/mol. The summed E-state index contributed by atoms with van der Waals surface area (Å²) < 4.78 is 5.61. The number of ether oxygens (including phenoxy) is 1. The molecule has 0 aromatic carbocycles. The number of aromatic nitrogens is 1. The Morgan fingerprint density at radius 3 is 3.20 bits per heavy atom. The lowest BCUT2D eigenvalue weighted by Gasteiger charge is -2.21. The molecule has 1 aromatic rings. The van der Waals surface area contributed by atoms with E-state index in [1.807, 2.05) is 6.07 Å². The van der Waals surface area contributed by atoms with Crippen LogP contribution in [-0.2, 0) is 4.74 Å². The fourth-order valence-electron chi connectivity index (χ4n) is 1.87. The molecule has 0 bridgehead atoms. The van der Waals surface area contributed by atoms with Crippen LogP contribution in [0.5, 0.6) is 0 Å². The molecule has 1 saturated heterocycles. The summed E-state index contributed by atoms with van der Waals surface area (Å²) in [5.74, 6) is 0. The molecule has 0 spiro atoms. The molecular weight excluding hydrogens is 190 g/mol. The highest BCUT2D eigenvalue weighted by Crippen LogP contribution is 2.21. The Bertz CT molecular complexity index is 323. The number of rotatable bonds is 3. The van der Waals surface area contributed by atoms with Gasteiger partial charge in [0.1, 0.15) is 0 Å². The van der Waals surface area contributed by atoms with Gasteiger partial charge < -0.3 is 15.8 Å². The van der Waals surface area contributed by atoms with E-state index in [1.54, 1.807) is 12.4 Å². The van der Waals surface area contributed by atoms with Crippen molar-refractivity contribution >= 4 is 11.4 Å². The van der Waals surface area contributed by atoms with Crippen LogP contribution in [0.1, 0.15) is 19.8 Å². The topological polar surface area (TPSA) is 60.2 Å². The van der Waals surface area contributed by atoms with E-state index in [1.165, 1.54) is 0 Å². The van der Waals surface area contributed by atoms with Crippen LogP contribution in [0, 0.1) is 0 Å². The molecule has 4 nitrogen and oxygen atoms in total. The quantitative estimate of drug-likeness (QED) is 0.791. The van der Waals surface area contributed by atoms with Crippen molar-refractivity contribution in [1.82, 2.24) is 4.98 Å². The van der Waals surface area contributed by atoms with Crippen molar-refractivity contribution in [1.29, 1.82) is 0 Å². The molecule has 3 N–H and O–H groups in total. The van der Waals surface area contributed by atoms with Crippen molar-refractivity contribution in [3.8, 4) is 0 Å². The van der Waals surface area contributed by atoms with Gasteiger partial charge in [0.05, 0.1) is 23.7 Å². The van der Waals surface area contributed by atoms with Crippen molar-refractivity contribution < 1.29 is 4.74 Å². The van der Waals surface area contributed by atoms with Crippen LogP contribution in [0.25, 0.3) is 0 Å². The van der Waals surface area contributed by atoms with E-state index in [0.29, 0.717) is 11.8 Å². The highest BCUT2D eigenvalue weighted by molar-refractivity contribution is 5.64. The van der Waals surface area contributed by atoms with Crippen LogP contribution in [0.3, 0.4) is 0 Å². The van der Waals surface area contributed by atoms with Crippen molar-refractivity contribution in [3.63, 3.8) is 0 Å². The van der Waals surface area contributed by atoms with Gasteiger partial charge in [0.25, 0.3) is 0 Å². The molecule has 1 aromatic heterocycles. The summed E-state index contributed by atoms with van der Waals surface area (Å²) in [4.78, 5) is 3.95. The van der Waals surface area contributed by atoms with E-state index in [0.717, 1.165) is 25.1 Å². The zero-order valence-electron chi connectivity index (χ0n) is 8.94. The molecule has 0 saturated carbocycles. The summed E-state index contributed by atoms with van der Waals surface area (Å²) >= 11 is 0. The van der Waals surface area contributed by atoms with Crippen molar-refractivity contribution in [2.75, 3.05) is 17.7 Å². The lowest BCUT2D eigenvalue weighted by Crippen LogP contribution is -2.30. The van der Waals surface area contributed by atoms with Crippen LogP contribution in [0.4, 0.5) is 11.4 Å². The Hall–Kier alpha value is -1.29. The summed E-state index contributed by atoms with van der Waals surface area (Å²) in [6, 6.07) is 2.18. The number of nitrogens with one attached hydrogen (secondary N) is 1. The van der Waals surface area contributed by atoms with Gasteiger partial charge in [-0.15, -0.1) is 0 Å². The standard InChI is InChI=1S/C11H17N3O/c1-8(11-3-2-6-15-11)14-10-4-5-13-7-9(10)12/h4-5,7-8,11H,2-3,6,12H2,1H3,(H,13,14).